The van der Waals surface area contributed by atoms with Crippen LogP contribution in [0.3, 0.4) is 0 Å². The molecule has 2 aromatic carbocycles. The number of para-hydroxylation sites is 3. The van der Waals surface area contributed by atoms with Crippen molar-refractivity contribution in [2.24, 2.45) is 0 Å². The summed E-state index contributed by atoms with van der Waals surface area (Å²) in [5.74, 6) is 0.860. The molecule has 0 aliphatic heterocycles. The fraction of sp³-hybridized carbons (Fsp3) is 0.167. The molecule has 0 radical (unpaired) electrons. The summed E-state index contributed by atoms with van der Waals surface area (Å²) < 4.78 is 5.67. The molecule has 4 heteroatoms. The third-order valence-electron chi connectivity index (χ3n) is 3.30. The summed E-state index contributed by atoms with van der Waals surface area (Å²) in [6, 6.07) is 18.2. The molecule has 1 heterocycles. The van der Waals surface area contributed by atoms with Crippen LogP contribution in [0.2, 0.25) is 0 Å². The maximum atomic E-state index is 5.67. The molecule has 0 spiro atoms. The van der Waals surface area contributed by atoms with Crippen LogP contribution in [0, 0.1) is 6.92 Å². The van der Waals surface area contributed by atoms with Gasteiger partial charge in [0, 0.05) is 16.8 Å². The molecule has 0 amide bonds. The van der Waals surface area contributed by atoms with Gasteiger partial charge >= 0.3 is 0 Å². The Kier molecular flexibility index (Phi) is 5.23. The second kappa shape index (κ2) is 7.14. The van der Waals surface area contributed by atoms with Crippen molar-refractivity contribution in [1.29, 1.82) is 0 Å². The lowest BCUT2D eigenvalue weighted by Crippen LogP contribution is -1.99. The van der Waals surface area contributed by atoms with Crippen LogP contribution in [0.1, 0.15) is 12.6 Å². The zero-order chi connectivity index (χ0) is 14.7. The maximum Gasteiger partial charge on any atom is 0.142 e. The molecular formula is C18H19ClN2O. The van der Waals surface area contributed by atoms with Gasteiger partial charge in [0.1, 0.15) is 5.75 Å². The highest BCUT2D eigenvalue weighted by Gasteiger charge is 2.07. The largest absolute Gasteiger partial charge is 0.492 e. The molecule has 0 unspecified atom stereocenters. The van der Waals surface area contributed by atoms with Crippen molar-refractivity contribution in [2.45, 2.75) is 13.8 Å². The van der Waals surface area contributed by atoms with Crippen molar-refractivity contribution >= 4 is 34.7 Å². The van der Waals surface area contributed by atoms with E-state index in [2.05, 4.69) is 22.4 Å². The van der Waals surface area contributed by atoms with Gasteiger partial charge < -0.3 is 10.1 Å². The number of hydrogen-bond acceptors (Lipinski definition) is 3. The third kappa shape index (κ3) is 3.31. The van der Waals surface area contributed by atoms with Crippen LogP contribution in [-0.4, -0.2) is 11.6 Å². The fourth-order valence-electron chi connectivity index (χ4n) is 2.41. The minimum atomic E-state index is 0. The Morgan fingerprint density at radius 2 is 1.73 bits per heavy atom. The molecule has 0 fully saturated rings. The number of aryl methyl sites for hydroxylation is 1. The molecule has 0 atom stereocenters. The SMILES string of the molecule is CCOc1ccccc1Nc1cc(C)nc2ccccc12.Cl. The normalized spacial score (nSPS) is 10.1. The summed E-state index contributed by atoms with van der Waals surface area (Å²) in [5.41, 5.74) is 4.00. The van der Waals surface area contributed by atoms with E-state index in [1.165, 1.54) is 0 Å². The van der Waals surface area contributed by atoms with Gasteiger partial charge in [-0.05, 0) is 38.1 Å². The lowest BCUT2D eigenvalue weighted by molar-refractivity contribution is 0.342. The maximum absolute atomic E-state index is 5.67. The van der Waals surface area contributed by atoms with Gasteiger partial charge in [-0.3, -0.25) is 4.98 Å². The van der Waals surface area contributed by atoms with Crippen molar-refractivity contribution in [3.05, 3.63) is 60.3 Å². The molecule has 3 nitrogen and oxygen atoms in total. The number of halogens is 1. The van der Waals surface area contributed by atoms with Gasteiger partial charge in [0.2, 0.25) is 0 Å². The average molecular weight is 315 g/mol. The molecule has 3 aromatic rings. The Balaban J connectivity index is 0.00000176. The highest BCUT2D eigenvalue weighted by atomic mass is 35.5. The van der Waals surface area contributed by atoms with E-state index in [1.807, 2.05) is 56.3 Å². The van der Waals surface area contributed by atoms with Gasteiger partial charge in [-0.2, -0.15) is 0 Å². The Labute approximate surface area is 136 Å². The second-order valence-electron chi connectivity index (χ2n) is 4.88. The van der Waals surface area contributed by atoms with Crippen LogP contribution in [-0.2, 0) is 0 Å². The van der Waals surface area contributed by atoms with Gasteiger partial charge in [0.05, 0.1) is 17.8 Å². The summed E-state index contributed by atoms with van der Waals surface area (Å²) in [6.07, 6.45) is 0. The van der Waals surface area contributed by atoms with E-state index in [9.17, 15) is 0 Å². The van der Waals surface area contributed by atoms with Crippen molar-refractivity contribution in [1.82, 2.24) is 4.98 Å². The first kappa shape index (κ1) is 16.1. The highest BCUT2D eigenvalue weighted by molar-refractivity contribution is 5.93. The van der Waals surface area contributed by atoms with Crippen molar-refractivity contribution in [3.63, 3.8) is 0 Å². The minimum Gasteiger partial charge on any atom is -0.492 e. The molecule has 0 aliphatic carbocycles. The zero-order valence-corrected chi connectivity index (χ0v) is 13.5. The number of anilines is 2. The van der Waals surface area contributed by atoms with Crippen LogP contribution in [0.15, 0.2) is 54.6 Å². The van der Waals surface area contributed by atoms with Crippen LogP contribution in [0.25, 0.3) is 10.9 Å². The van der Waals surface area contributed by atoms with E-state index in [0.717, 1.165) is 33.7 Å². The molecule has 0 aliphatic rings. The quantitative estimate of drug-likeness (QED) is 0.727. The fourth-order valence-corrected chi connectivity index (χ4v) is 2.41. The zero-order valence-electron chi connectivity index (χ0n) is 12.7. The lowest BCUT2D eigenvalue weighted by atomic mass is 10.1. The molecule has 1 aromatic heterocycles. The average Bonchev–Trinajstić information content (AvgIpc) is 2.49. The van der Waals surface area contributed by atoms with Crippen molar-refractivity contribution in [2.75, 3.05) is 11.9 Å². The molecular weight excluding hydrogens is 296 g/mol. The number of benzene rings is 2. The first-order chi connectivity index (χ1) is 10.3. The van der Waals surface area contributed by atoms with Gasteiger partial charge in [-0.15, -0.1) is 12.4 Å². The van der Waals surface area contributed by atoms with Crippen molar-refractivity contribution in [3.8, 4) is 5.75 Å². The number of rotatable bonds is 4. The van der Waals surface area contributed by atoms with Crippen LogP contribution < -0.4 is 10.1 Å². The molecule has 114 valence electrons. The molecule has 22 heavy (non-hydrogen) atoms. The van der Waals surface area contributed by atoms with E-state index in [1.54, 1.807) is 0 Å². The predicted molar refractivity (Wildman–Crippen MR) is 94.6 cm³/mol. The van der Waals surface area contributed by atoms with Crippen molar-refractivity contribution < 1.29 is 4.74 Å². The summed E-state index contributed by atoms with van der Waals surface area (Å²) in [6.45, 7) is 4.64. The van der Waals surface area contributed by atoms with E-state index in [4.69, 9.17) is 4.74 Å². The van der Waals surface area contributed by atoms with E-state index in [-0.39, 0.29) is 12.4 Å². The first-order valence-corrected chi connectivity index (χ1v) is 7.13. The van der Waals surface area contributed by atoms with Gasteiger partial charge in [-0.1, -0.05) is 30.3 Å². The number of nitrogens with one attached hydrogen (secondary N) is 1. The molecule has 0 bridgehead atoms. The summed E-state index contributed by atoms with van der Waals surface area (Å²) in [4.78, 5) is 4.57. The smallest absolute Gasteiger partial charge is 0.142 e. The van der Waals surface area contributed by atoms with Crippen LogP contribution in [0.4, 0.5) is 11.4 Å². The first-order valence-electron chi connectivity index (χ1n) is 7.13. The van der Waals surface area contributed by atoms with E-state index in [0.29, 0.717) is 6.61 Å². The number of pyridine rings is 1. The number of aromatic nitrogens is 1. The third-order valence-corrected chi connectivity index (χ3v) is 3.30. The Morgan fingerprint density at radius 3 is 2.55 bits per heavy atom. The Bertz CT molecular complexity index is 774. The number of nitrogens with zero attached hydrogens (tertiary/aromatic N) is 1. The monoisotopic (exact) mass is 314 g/mol. The molecule has 0 saturated carbocycles. The second-order valence-corrected chi connectivity index (χ2v) is 4.88. The van der Waals surface area contributed by atoms with Crippen LogP contribution >= 0.6 is 12.4 Å². The summed E-state index contributed by atoms with van der Waals surface area (Å²) in [7, 11) is 0. The highest BCUT2D eigenvalue weighted by Crippen LogP contribution is 2.31. The summed E-state index contributed by atoms with van der Waals surface area (Å²) in [5, 5.41) is 4.58. The molecule has 1 N–H and O–H groups in total. The lowest BCUT2D eigenvalue weighted by Gasteiger charge is -2.14. The van der Waals surface area contributed by atoms with E-state index >= 15 is 0 Å². The number of hydrogen-bond donors (Lipinski definition) is 1. The standard InChI is InChI=1S/C18H18N2O.ClH/c1-3-21-18-11-7-6-10-16(18)20-17-12-13(2)19-15-9-5-4-8-14(15)17;/h4-12H,3H2,1-2H3,(H,19,20);1H. The summed E-state index contributed by atoms with van der Waals surface area (Å²) >= 11 is 0. The number of fused-ring (bicyclic) bond motifs is 1. The van der Waals surface area contributed by atoms with Gasteiger partial charge in [-0.25, -0.2) is 0 Å². The van der Waals surface area contributed by atoms with Crippen LogP contribution in [0.5, 0.6) is 5.75 Å². The number of ether oxygens (including phenoxy) is 1. The molecule has 3 rings (SSSR count). The predicted octanol–water partition coefficient (Wildman–Crippen LogP) is 5.11. The minimum absolute atomic E-state index is 0. The van der Waals surface area contributed by atoms with Gasteiger partial charge in [0.15, 0.2) is 0 Å². The molecule has 0 saturated heterocycles. The topological polar surface area (TPSA) is 34.1 Å². The van der Waals surface area contributed by atoms with Gasteiger partial charge in [0.25, 0.3) is 0 Å². The van der Waals surface area contributed by atoms with E-state index < -0.39 is 0 Å². The Hall–Kier alpha value is -2.26. The Morgan fingerprint density at radius 1 is 1.00 bits per heavy atom.